The Labute approximate surface area is 106 Å². The summed E-state index contributed by atoms with van der Waals surface area (Å²) in [6.07, 6.45) is -0.254. The van der Waals surface area contributed by atoms with Crippen molar-refractivity contribution in [1.82, 2.24) is 0 Å². The van der Waals surface area contributed by atoms with E-state index in [0.717, 1.165) is 0 Å². The summed E-state index contributed by atoms with van der Waals surface area (Å²) in [5.74, 6) is -3.97. The Morgan fingerprint density at radius 2 is 1.78 bits per heavy atom. The van der Waals surface area contributed by atoms with Crippen LogP contribution in [0.4, 0.5) is 0 Å². The van der Waals surface area contributed by atoms with Crippen LogP contribution in [0.1, 0.15) is 40.5 Å². The quantitative estimate of drug-likeness (QED) is 0.573. The zero-order valence-corrected chi connectivity index (χ0v) is 11.2. The van der Waals surface area contributed by atoms with Gasteiger partial charge < -0.3 is 14.6 Å². The van der Waals surface area contributed by atoms with Gasteiger partial charge in [0.15, 0.2) is 5.92 Å². The van der Waals surface area contributed by atoms with Gasteiger partial charge in [0.05, 0.1) is 6.61 Å². The Morgan fingerprint density at radius 1 is 1.22 bits per heavy atom. The molecule has 0 bridgehead atoms. The topological polar surface area (TPSA) is 89.9 Å². The summed E-state index contributed by atoms with van der Waals surface area (Å²) in [6, 6.07) is 0. The van der Waals surface area contributed by atoms with E-state index in [1.165, 1.54) is 0 Å². The molecule has 0 aliphatic heterocycles. The van der Waals surface area contributed by atoms with Crippen LogP contribution >= 0.6 is 0 Å². The van der Waals surface area contributed by atoms with Gasteiger partial charge in [-0.3, -0.25) is 14.4 Å². The third-order valence-corrected chi connectivity index (χ3v) is 1.93. The van der Waals surface area contributed by atoms with Gasteiger partial charge in [-0.25, -0.2) is 0 Å². The second-order valence-electron chi connectivity index (χ2n) is 4.77. The maximum atomic E-state index is 11.4. The van der Waals surface area contributed by atoms with Crippen LogP contribution in [0.2, 0.25) is 0 Å². The number of carboxylic acids is 1. The Bertz CT molecular complexity index is 315. The summed E-state index contributed by atoms with van der Waals surface area (Å²) < 4.78 is 9.65. The summed E-state index contributed by atoms with van der Waals surface area (Å²) in [5, 5.41) is 8.86. The monoisotopic (exact) mass is 260 g/mol. The van der Waals surface area contributed by atoms with Crippen molar-refractivity contribution in [3.63, 3.8) is 0 Å². The standard InChI is InChI=1S/C12H20O6/c1-5-17-11(16)8(10(14)15)6-7-9(13)18-12(2,3)4/h8H,5-7H2,1-4H3,(H,14,15). The van der Waals surface area contributed by atoms with Crippen LogP contribution in [0.3, 0.4) is 0 Å². The lowest BCUT2D eigenvalue weighted by Crippen LogP contribution is -2.28. The zero-order valence-electron chi connectivity index (χ0n) is 11.2. The summed E-state index contributed by atoms with van der Waals surface area (Å²) in [7, 11) is 0. The number of ether oxygens (including phenoxy) is 2. The Kier molecular flexibility index (Phi) is 6.36. The normalized spacial score (nSPS) is 12.7. The van der Waals surface area contributed by atoms with E-state index >= 15 is 0 Å². The highest BCUT2D eigenvalue weighted by Crippen LogP contribution is 2.14. The minimum Gasteiger partial charge on any atom is -0.481 e. The number of carboxylic acid groups (broad SMARTS) is 1. The van der Waals surface area contributed by atoms with Crippen LogP contribution < -0.4 is 0 Å². The summed E-state index contributed by atoms with van der Waals surface area (Å²) >= 11 is 0. The highest BCUT2D eigenvalue weighted by molar-refractivity contribution is 5.94. The predicted molar refractivity (Wildman–Crippen MR) is 62.8 cm³/mol. The number of rotatable bonds is 6. The highest BCUT2D eigenvalue weighted by atomic mass is 16.6. The average Bonchev–Trinajstić information content (AvgIpc) is 2.14. The van der Waals surface area contributed by atoms with Gasteiger partial charge in [0, 0.05) is 6.42 Å². The lowest BCUT2D eigenvalue weighted by molar-refractivity contribution is -0.160. The fraction of sp³-hybridized carbons (Fsp3) is 0.750. The molecule has 1 unspecified atom stereocenters. The summed E-state index contributed by atoms with van der Waals surface area (Å²) in [4.78, 5) is 33.6. The van der Waals surface area contributed by atoms with Gasteiger partial charge in [-0.2, -0.15) is 0 Å². The molecule has 0 saturated heterocycles. The minimum absolute atomic E-state index is 0.106. The van der Waals surface area contributed by atoms with Gasteiger partial charge in [0.25, 0.3) is 0 Å². The molecule has 0 fully saturated rings. The van der Waals surface area contributed by atoms with Crippen LogP contribution in [0.25, 0.3) is 0 Å². The van der Waals surface area contributed by atoms with E-state index in [4.69, 9.17) is 9.84 Å². The van der Waals surface area contributed by atoms with Crippen LogP contribution in [-0.2, 0) is 23.9 Å². The lowest BCUT2D eigenvalue weighted by atomic mass is 10.0. The first kappa shape index (κ1) is 16.4. The molecule has 104 valence electrons. The molecule has 1 N–H and O–H groups in total. The molecule has 18 heavy (non-hydrogen) atoms. The van der Waals surface area contributed by atoms with E-state index in [0.29, 0.717) is 0 Å². The van der Waals surface area contributed by atoms with Crippen LogP contribution in [-0.4, -0.2) is 35.2 Å². The van der Waals surface area contributed by atoms with E-state index in [1.807, 2.05) is 0 Å². The smallest absolute Gasteiger partial charge is 0.320 e. The number of carbonyl (C=O) groups excluding carboxylic acids is 2. The van der Waals surface area contributed by atoms with Crippen molar-refractivity contribution >= 4 is 17.9 Å². The number of aliphatic carboxylic acids is 1. The van der Waals surface area contributed by atoms with Crippen molar-refractivity contribution in [3.8, 4) is 0 Å². The average molecular weight is 260 g/mol. The van der Waals surface area contributed by atoms with Gasteiger partial charge in [0.1, 0.15) is 5.60 Å². The van der Waals surface area contributed by atoms with Gasteiger partial charge >= 0.3 is 17.9 Å². The van der Waals surface area contributed by atoms with Crippen LogP contribution in [0, 0.1) is 5.92 Å². The summed E-state index contributed by atoms with van der Waals surface area (Å²) in [6.45, 7) is 6.83. The molecule has 0 aliphatic rings. The van der Waals surface area contributed by atoms with Crippen molar-refractivity contribution in [3.05, 3.63) is 0 Å². The largest absolute Gasteiger partial charge is 0.481 e. The maximum Gasteiger partial charge on any atom is 0.320 e. The molecular formula is C12H20O6. The molecule has 0 aromatic heterocycles. The first-order chi connectivity index (χ1) is 8.17. The fourth-order valence-electron chi connectivity index (χ4n) is 1.24. The molecule has 0 saturated carbocycles. The van der Waals surface area contributed by atoms with Crippen molar-refractivity contribution < 1.29 is 29.0 Å². The third kappa shape index (κ3) is 6.88. The second-order valence-corrected chi connectivity index (χ2v) is 4.77. The van der Waals surface area contributed by atoms with Crippen LogP contribution in [0.5, 0.6) is 0 Å². The molecule has 1 atom stereocenters. The molecule has 6 heteroatoms. The van der Waals surface area contributed by atoms with E-state index in [-0.39, 0.29) is 19.4 Å². The molecule has 0 aliphatic carbocycles. The van der Waals surface area contributed by atoms with Crippen molar-refractivity contribution in [2.75, 3.05) is 6.61 Å². The van der Waals surface area contributed by atoms with Gasteiger partial charge in [-0.05, 0) is 34.1 Å². The Morgan fingerprint density at radius 3 is 2.17 bits per heavy atom. The first-order valence-electron chi connectivity index (χ1n) is 5.78. The molecular weight excluding hydrogens is 240 g/mol. The zero-order chi connectivity index (χ0) is 14.3. The minimum atomic E-state index is -1.32. The maximum absolute atomic E-state index is 11.4. The molecule has 0 rings (SSSR count). The molecule has 6 nitrogen and oxygen atoms in total. The van der Waals surface area contributed by atoms with E-state index in [2.05, 4.69) is 4.74 Å². The molecule has 0 amide bonds. The fourth-order valence-corrected chi connectivity index (χ4v) is 1.24. The number of hydrogen-bond acceptors (Lipinski definition) is 5. The second kappa shape index (κ2) is 6.98. The summed E-state index contributed by atoms with van der Waals surface area (Å²) in [5.41, 5.74) is -0.625. The Balaban J connectivity index is 4.33. The Hall–Kier alpha value is -1.59. The number of carbonyl (C=O) groups is 3. The molecule has 0 spiro atoms. The SMILES string of the molecule is CCOC(=O)C(CCC(=O)OC(C)(C)C)C(=O)O. The number of esters is 2. The third-order valence-electron chi connectivity index (χ3n) is 1.93. The van der Waals surface area contributed by atoms with Crippen molar-refractivity contribution in [1.29, 1.82) is 0 Å². The van der Waals surface area contributed by atoms with E-state index in [9.17, 15) is 14.4 Å². The van der Waals surface area contributed by atoms with Crippen molar-refractivity contribution in [2.45, 2.75) is 46.1 Å². The van der Waals surface area contributed by atoms with Gasteiger partial charge in [-0.15, -0.1) is 0 Å². The predicted octanol–water partition coefficient (Wildman–Crippen LogP) is 1.37. The van der Waals surface area contributed by atoms with Crippen LogP contribution in [0.15, 0.2) is 0 Å². The lowest BCUT2D eigenvalue weighted by Gasteiger charge is -2.19. The van der Waals surface area contributed by atoms with Gasteiger partial charge in [0.2, 0.25) is 0 Å². The van der Waals surface area contributed by atoms with E-state index in [1.54, 1.807) is 27.7 Å². The molecule has 0 radical (unpaired) electrons. The molecule has 0 heterocycles. The molecule has 0 aromatic rings. The van der Waals surface area contributed by atoms with Gasteiger partial charge in [-0.1, -0.05) is 0 Å². The number of hydrogen-bond donors (Lipinski definition) is 1. The molecule has 0 aromatic carbocycles. The first-order valence-corrected chi connectivity index (χ1v) is 5.78. The van der Waals surface area contributed by atoms with E-state index < -0.39 is 29.4 Å². The van der Waals surface area contributed by atoms with Crippen molar-refractivity contribution in [2.24, 2.45) is 5.92 Å². The highest BCUT2D eigenvalue weighted by Gasteiger charge is 2.29.